The van der Waals surface area contributed by atoms with E-state index < -0.39 is 26.7 Å². The van der Waals surface area contributed by atoms with Gasteiger partial charge in [-0.2, -0.15) is 5.26 Å². The molecular weight excluding hydrogens is 940 g/mol. The molecule has 1 unspecified atom stereocenters. The van der Waals surface area contributed by atoms with E-state index in [2.05, 4.69) is 64.0 Å². The molecule has 4 aliphatic heterocycles. The fraction of sp³-hybridized carbons (Fsp3) is 0.400. The van der Waals surface area contributed by atoms with Crippen molar-refractivity contribution in [2.45, 2.75) is 74.9 Å². The van der Waals surface area contributed by atoms with Crippen molar-refractivity contribution in [1.29, 1.82) is 5.26 Å². The number of nitrogens with zero attached hydrogens (tertiary/aromatic N) is 8. The second-order valence-corrected chi connectivity index (χ2v) is 21.5. The third-order valence-corrected chi connectivity index (χ3v) is 16.5. The van der Waals surface area contributed by atoms with Gasteiger partial charge in [-0.1, -0.05) is 37.6 Å². The largest absolute Gasteiger partial charge is 0.489 e. The summed E-state index contributed by atoms with van der Waals surface area (Å²) in [5, 5.41) is 14.1. The van der Waals surface area contributed by atoms with Gasteiger partial charge in [0, 0.05) is 79.0 Å². The van der Waals surface area contributed by atoms with E-state index in [-0.39, 0.29) is 36.9 Å². The Balaban J connectivity index is 0.683. The molecule has 1 atom stereocenters. The van der Waals surface area contributed by atoms with Crippen LogP contribution < -0.4 is 24.4 Å². The van der Waals surface area contributed by atoms with Crippen molar-refractivity contribution in [3.8, 4) is 17.6 Å². The first-order valence-corrected chi connectivity index (χ1v) is 25.7. The van der Waals surface area contributed by atoms with Gasteiger partial charge in [-0.3, -0.25) is 29.4 Å². The number of likely N-dealkylation sites (tertiary alicyclic amines) is 2. The number of sulfonamides is 1. The number of pyridine rings is 1. The maximum absolute atomic E-state index is 13.6. The summed E-state index contributed by atoms with van der Waals surface area (Å²) in [5.41, 5.74) is 5.00. The van der Waals surface area contributed by atoms with Crippen molar-refractivity contribution in [2.75, 3.05) is 61.4 Å². The minimum Gasteiger partial charge on any atom is -0.489 e. The van der Waals surface area contributed by atoms with Crippen molar-refractivity contribution in [3.05, 3.63) is 113 Å². The maximum atomic E-state index is 13.6. The van der Waals surface area contributed by atoms with E-state index in [1.807, 2.05) is 60.9 Å². The number of halogens is 2. The number of hydrogen-bond donors (Lipinski definition) is 2. The van der Waals surface area contributed by atoms with Gasteiger partial charge in [0.2, 0.25) is 27.8 Å². The Morgan fingerprint density at radius 2 is 1.65 bits per heavy atom. The number of carbonyl (C=O) groups is 2. The van der Waals surface area contributed by atoms with Crippen molar-refractivity contribution >= 4 is 78.6 Å². The molecule has 0 saturated carbocycles. The van der Waals surface area contributed by atoms with Crippen LogP contribution in [-0.4, -0.2) is 119 Å². The van der Waals surface area contributed by atoms with E-state index >= 15 is 0 Å². The second-order valence-electron chi connectivity index (χ2n) is 18.8. The van der Waals surface area contributed by atoms with Gasteiger partial charge in [0.1, 0.15) is 36.7 Å². The zero-order valence-corrected chi connectivity index (χ0v) is 40.6. The summed E-state index contributed by atoms with van der Waals surface area (Å²) >= 11 is 12.3. The lowest BCUT2D eigenvalue weighted by Gasteiger charge is -2.55. The van der Waals surface area contributed by atoms with Crippen LogP contribution in [0.15, 0.2) is 85.2 Å². The van der Waals surface area contributed by atoms with E-state index in [1.54, 1.807) is 18.3 Å². The first kappa shape index (κ1) is 46.7. The highest BCUT2D eigenvalue weighted by Gasteiger charge is 2.43. The van der Waals surface area contributed by atoms with Gasteiger partial charge in [0.15, 0.2) is 5.75 Å². The Bertz CT molecular complexity index is 3090. The summed E-state index contributed by atoms with van der Waals surface area (Å²) < 4.78 is 43.5. The summed E-state index contributed by atoms with van der Waals surface area (Å²) in [6, 6.07) is 25.8. The van der Waals surface area contributed by atoms with Crippen LogP contribution in [0.25, 0.3) is 21.9 Å². The molecule has 16 nitrogen and oxygen atoms in total. The number of benzene rings is 3. The molecule has 4 fully saturated rings. The minimum atomic E-state index is -3.73. The van der Waals surface area contributed by atoms with E-state index in [1.165, 1.54) is 6.20 Å². The Kier molecular flexibility index (Phi) is 12.9. The highest BCUT2D eigenvalue weighted by molar-refractivity contribution is 7.93. The lowest BCUT2D eigenvalue weighted by atomic mass is 9.77. The fourth-order valence-electron chi connectivity index (χ4n) is 10.1. The topological polar surface area (TPSA) is 188 Å². The van der Waals surface area contributed by atoms with Crippen LogP contribution in [0.5, 0.6) is 11.5 Å². The van der Waals surface area contributed by atoms with Crippen molar-refractivity contribution in [3.63, 3.8) is 0 Å². The Morgan fingerprint density at radius 3 is 2.39 bits per heavy atom. The molecule has 4 aliphatic rings. The van der Waals surface area contributed by atoms with Gasteiger partial charge >= 0.3 is 0 Å². The zero-order chi connectivity index (χ0) is 48.0. The fourth-order valence-corrected chi connectivity index (χ4v) is 11.8. The molecule has 4 saturated heterocycles. The van der Waals surface area contributed by atoms with Crippen LogP contribution in [0.2, 0.25) is 5.02 Å². The molecule has 0 spiro atoms. The predicted octanol–water partition coefficient (Wildman–Crippen LogP) is 6.78. The van der Waals surface area contributed by atoms with Crippen molar-refractivity contribution in [1.82, 2.24) is 34.6 Å². The lowest BCUT2D eigenvalue weighted by molar-refractivity contribution is -0.135. The average molecular weight is 992 g/mol. The minimum absolute atomic E-state index is 0.0187. The number of aromatic nitrogens is 4. The van der Waals surface area contributed by atoms with Crippen LogP contribution in [0.1, 0.15) is 68.0 Å². The highest BCUT2D eigenvalue weighted by Crippen LogP contribution is 2.40. The molecule has 0 aliphatic carbocycles. The predicted molar refractivity (Wildman–Crippen MR) is 264 cm³/mol. The van der Waals surface area contributed by atoms with E-state index in [9.17, 15) is 23.3 Å². The molecule has 0 bridgehead atoms. The molecule has 358 valence electrons. The summed E-state index contributed by atoms with van der Waals surface area (Å²) in [6.45, 7) is 9.61. The average Bonchev–Trinajstić information content (AvgIpc) is 3.64. The number of carbonyl (C=O) groups excluding carboxylic acids is 2. The number of amides is 2. The number of alkyl halides is 1. The maximum Gasteiger partial charge on any atom is 0.249 e. The first-order chi connectivity index (χ1) is 33.3. The monoisotopic (exact) mass is 990 g/mol. The smallest absolute Gasteiger partial charge is 0.249 e. The number of imide groups is 1. The Morgan fingerprint density at radius 1 is 0.884 bits per heavy atom. The summed E-state index contributed by atoms with van der Waals surface area (Å²) in [7, 11) is -3.73. The van der Waals surface area contributed by atoms with Gasteiger partial charge in [0.05, 0.1) is 32.9 Å². The van der Waals surface area contributed by atoms with Gasteiger partial charge in [-0.05, 0) is 104 Å². The van der Waals surface area contributed by atoms with Crippen LogP contribution >= 0.6 is 23.2 Å². The van der Waals surface area contributed by atoms with Gasteiger partial charge in [-0.15, -0.1) is 11.6 Å². The number of nitriles is 1. The summed E-state index contributed by atoms with van der Waals surface area (Å²) in [6.07, 6.45) is 5.05. The number of fused-ring (bicyclic) bond motifs is 3. The van der Waals surface area contributed by atoms with E-state index in [0.717, 1.165) is 64.9 Å². The molecule has 19 heteroatoms. The van der Waals surface area contributed by atoms with Crippen LogP contribution in [0, 0.1) is 11.3 Å². The first-order valence-electron chi connectivity index (χ1n) is 23.2. The molecule has 2 N–H and O–H groups in total. The molecule has 6 aromatic rings. The van der Waals surface area contributed by atoms with Crippen LogP contribution in [-0.2, 0) is 31.6 Å². The lowest BCUT2D eigenvalue weighted by Crippen LogP contribution is -2.70. The molecule has 0 radical (unpaired) electrons. The third-order valence-electron chi connectivity index (χ3n) is 14.3. The van der Waals surface area contributed by atoms with Gasteiger partial charge in [-0.25, -0.2) is 23.4 Å². The SMILES string of the molecule is CC(C)(c1ccc(OCc2ccnc(NS(=O)(=O)C3CCN(C4CN(C5CN(c6ccc7c(c6)c6cccnc6n7C6CCC(=O)NC6=O)C5)C4)CC3)n2)cc1)c1cc(Cl)c(OCCCl)c(C#N)c1. The number of hydrogen-bond acceptors (Lipinski definition) is 13. The normalized spacial score (nSPS) is 19.0. The van der Waals surface area contributed by atoms with Gasteiger partial charge < -0.3 is 18.9 Å². The molecule has 3 aromatic heterocycles. The zero-order valence-electron chi connectivity index (χ0n) is 38.3. The standard InChI is InChI=1S/C50H52Cl2N10O6S/c1-50(2,33-22-31(25-53)46(42(52)23-33)67-21-16-51)32-5-8-38(9-6-32)68-30-34-13-18-55-49(56-34)58-69(65,66)39-14-19-59(20-15-39)36-26-61(27-36)37-28-60(29-37)35-7-10-43-41(24-35)40-4-3-17-54-47(40)62(43)44-11-12-45(63)57-48(44)64/h3-10,13,17-18,22-24,36-37,39,44H,11-12,14-16,19-21,26-30H2,1-2H3,(H,55,56,58)(H,57,63,64). The number of anilines is 2. The Labute approximate surface area is 410 Å². The van der Waals surface area contributed by atoms with Crippen LogP contribution in [0.4, 0.5) is 11.6 Å². The van der Waals surface area contributed by atoms with E-state index in [4.69, 9.17) is 32.7 Å². The number of piperidine rings is 2. The second kappa shape index (κ2) is 19.0. The number of ether oxygens (including phenoxy) is 2. The van der Waals surface area contributed by atoms with Gasteiger partial charge in [0.25, 0.3) is 0 Å². The van der Waals surface area contributed by atoms with Crippen molar-refractivity contribution in [2.24, 2.45) is 0 Å². The number of nitrogens with one attached hydrogen (secondary N) is 2. The molecule has 3 aromatic carbocycles. The van der Waals surface area contributed by atoms with E-state index in [0.29, 0.717) is 78.6 Å². The summed E-state index contributed by atoms with van der Waals surface area (Å²) in [4.78, 5) is 45.4. The highest BCUT2D eigenvalue weighted by atomic mass is 35.5. The third kappa shape index (κ3) is 9.28. The molecule has 69 heavy (non-hydrogen) atoms. The molecule has 10 rings (SSSR count). The Hall–Kier alpha value is -6.03. The molecule has 2 amide bonds. The number of rotatable bonds is 15. The molecule has 7 heterocycles. The van der Waals surface area contributed by atoms with Crippen molar-refractivity contribution < 1.29 is 27.5 Å². The quantitative estimate of drug-likeness (QED) is 0.0810. The summed E-state index contributed by atoms with van der Waals surface area (Å²) in [5.74, 6) is 0.696. The molecular formula is C50H52Cl2N10O6S. The van der Waals surface area contributed by atoms with Crippen LogP contribution in [0.3, 0.4) is 0 Å².